The Balaban J connectivity index is 1.30. The summed E-state index contributed by atoms with van der Waals surface area (Å²) in [6.07, 6.45) is 10.4. The highest BCUT2D eigenvalue weighted by molar-refractivity contribution is 8.00. The van der Waals surface area contributed by atoms with Crippen LogP contribution in [0.3, 0.4) is 0 Å². The van der Waals surface area contributed by atoms with Gasteiger partial charge in [0, 0.05) is 42.7 Å². The number of hydrogen-bond acceptors (Lipinski definition) is 6. The predicted molar refractivity (Wildman–Crippen MR) is 116 cm³/mol. The minimum absolute atomic E-state index is 0.0917. The molecule has 1 amide bonds. The molecule has 5 nitrogen and oxygen atoms in total. The third-order valence-electron chi connectivity index (χ3n) is 5.43. The van der Waals surface area contributed by atoms with Crippen LogP contribution in [0.5, 0.6) is 0 Å². The van der Waals surface area contributed by atoms with Crippen LogP contribution in [-0.4, -0.2) is 59.8 Å². The molecule has 0 saturated carbocycles. The van der Waals surface area contributed by atoms with Gasteiger partial charge in [0.05, 0.1) is 23.5 Å². The number of carbonyl (C=O) groups is 1. The van der Waals surface area contributed by atoms with Crippen molar-refractivity contribution in [1.29, 1.82) is 0 Å². The number of amides is 1. The summed E-state index contributed by atoms with van der Waals surface area (Å²) in [5, 5.41) is 3.38. The summed E-state index contributed by atoms with van der Waals surface area (Å²) in [6, 6.07) is 8.36. The number of thioether (sulfide) groups is 1. The number of allylic oxidation sites excluding steroid dienone is 2. The largest absolute Gasteiger partial charge is 0.346 e. The summed E-state index contributed by atoms with van der Waals surface area (Å²) in [5.41, 5.74) is 1.04. The number of para-hydroxylation sites is 1. The highest BCUT2D eigenvalue weighted by atomic mass is 32.2. The zero-order chi connectivity index (χ0) is 18.9. The quantitative estimate of drug-likeness (QED) is 0.777. The summed E-state index contributed by atoms with van der Waals surface area (Å²) in [6.45, 7) is 4.08. The van der Waals surface area contributed by atoms with E-state index in [9.17, 15) is 4.79 Å². The van der Waals surface area contributed by atoms with Gasteiger partial charge >= 0.3 is 0 Å². The highest BCUT2D eigenvalue weighted by Gasteiger charge is 2.37. The van der Waals surface area contributed by atoms with E-state index < -0.39 is 0 Å². The van der Waals surface area contributed by atoms with Gasteiger partial charge in [0.1, 0.15) is 0 Å². The molecule has 0 N–H and O–H groups in total. The lowest BCUT2D eigenvalue weighted by Crippen LogP contribution is -2.54. The Labute approximate surface area is 173 Å². The van der Waals surface area contributed by atoms with Crippen LogP contribution in [0, 0.1) is 0 Å². The number of anilines is 2. The van der Waals surface area contributed by atoms with Crippen LogP contribution in [0.2, 0.25) is 0 Å². The second-order valence-electron chi connectivity index (χ2n) is 7.15. The topological polar surface area (TPSA) is 39.7 Å². The Morgan fingerprint density at radius 3 is 2.75 bits per heavy atom. The van der Waals surface area contributed by atoms with Crippen molar-refractivity contribution in [2.45, 2.75) is 16.2 Å². The molecule has 2 aliphatic heterocycles. The van der Waals surface area contributed by atoms with Gasteiger partial charge in [-0.05, 0) is 12.1 Å². The molecular formula is C21H22N4OS2. The molecule has 1 aliphatic carbocycles. The number of benzene rings is 1. The molecule has 0 radical (unpaired) electrons. The maximum absolute atomic E-state index is 13.4. The van der Waals surface area contributed by atoms with Crippen LogP contribution in [-0.2, 0) is 4.79 Å². The van der Waals surface area contributed by atoms with Crippen molar-refractivity contribution in [3.8, 4) is 0 Å². The van der Waals surface area contributed by atoms with Crippen molar-refractivity contribution >= 4 is 39.8 Å². The number of rotatable bonds is 3. The Hall–Kier alpha value is -2.09. The van der Waals surface area contributed by atoms with Gasteiger partial charge in [0.25, 0.3) is 0 Å². The molecule has 0 unspecified atom stereocenters. The van der Waals surface area contributed by atoms with Crippen molar-refractivity contribution in [2.24, 2.45) is 0 Å². The standard InChI is InChI=1S/C21H22N4OS2/c26-20(15-23-10-12-24(13-11-23)21-22-9-14-27-21)25-16-5-1-3-7-18(16)28-19-8-4-2-6-17(19)25/h1-9,14,16,18H,10-13,15H2/t16-,18-/m1/s1. The number of nitrogens with zero attached hydrogens (tertiary/aromatic N) is 4. The molecule has 0 bridgehead atoms. The Morgan fingerprint density at radius 1 is 1.11 bits per heavy atom. The minimum atomic E-state index is 0.0917. The molecule has 3 aliphatic rings. The van der Waals surface area contributed by atoms with E-state index in [2.05, 4.69) is 57.3 Å². The van der Waals surface area contributed by atoms with Gasteiger partial charge in [0.15, 0.2) is 5.13 Å². The summed E-state index contributed by atoms with van der Waals surface area (Å²) >= 11 is 3.53. The van der Waals surface area contributed by atoms with Gasteiger partial charge in [-0.3, -0.25) is 9.69 Å². The van der Waals surface area contributed by atoms with Gasteiger partial charge < -0.3 is 9.80 Å². The van der Waals surface area contributed by atoms with Gasteiger partial charge in [-0.25, -0.2) is 4.98 Å². The van der Waals surface area contributed by atoms with Crippen molar-refractivity contribution in [3.05, 3.63) is 60.1 Å². The minimum Gasteiger partial charge on any atom is -0.346 e. The first kappa shape index (κ1) is 18.0. The average Bonchev–Trinajstić information content (AvgIpc) is 3.27. The maximum atomic E-state index is 13.4. The summed E-state index contributed by atoms with van der Waals surface area (Å²) in [5.74, 6) is 0.186. The number of piperazine rings is 1. The smallest absolute Gasteiger partial charge is 0.241 e. The molecular weight excluding hydrogens is 388 g/mol. The zero-order valence-corrected chi connectivity index (χ0v) is 17.1. The third kappa shape index (κ3) is 3.38. The molecule has 2 atom stereocenters. The number of carbonyl (C=O) groups excluding carboxylic acids is 1. The van der Waals surface area contributed by atoms with Gasteiger partial charge in [-0.2, -0.15) is 0 Å². The summed E-state index contributed by atoms with van der Waals surface area (Å²) < 4.78 is 0. The van der Waals surface area contributed by atoms with E-state index >= 15 is 0 Å². The Bertz CT molecular complexity index is 903. The van der Waals surface area contributed by atoms with Gasteiger partial charge in [0.2, 0.25) is 5.91 Å². The normalized spacial score (nSPS) is 24.1. The van der Waals surface area contributed by atoms with E-state index in [1.165, 1.54) is 4.90 Å². The van der Waals surface area contributed by atoms with Gasteiger partial charge in [-0.15, -0.1) is 23.1 Å². The lowest BCUT2D eigenvalue weighted by Gasteiger charge is -2.42. The molecule has 5 rings (SSSR count). The first-order valence-corrected chi connectivity index (χ1v) is 11.3. The maximum Gasteiger partial charge on any atom is 0.241 e. The lowest BCUT2D eigenvalue weighted by atomic mass is 10.0. The molecule has 1 aromatic carbocycles. The fourth-order valence-electron chi connectivity index (χ4n) is 4.02. The van der Waals surface area contributed by atoms with Crippen LogP contribution in [0.4, 0.5) is 10.8 Å². The SMILES string of the molecule is O=C(CN1CCN(c2nccs2)CC1)N1c2ccccc2S[C@@H]2C=CC=C[C@H]21. The van der Waals surface area contributed by atoms with Crippen LogP contribution in [0.15, 0.2) is 65.0 Å². The van der Waals surface area contributed by atoms with E-state index in [4.69, 9.17) is 0 Å². The molecule has 2 aromatic rings. The van der Waals surface area contributed by atoms with E-state index in [0.717, 1.165) is 37.0 Å². The molecule has 0 spiro atoms. The highest BCUT2D eigenvalue weighted by Crippen LogP contribution is 2.43. The van der Waals surface area contributed by atoms with Crippen molar-refractivity contribution in [3.63, 3.8) is 0 Å². The summed E-state index contributed by atoms with van der Waals surface area (Å²) in [4.78, 5) is 25.6. The van der Waals surface area contributed by atoms with Crippen LogP contribution in [0.1, 0.15) is 0 Å². The Morgan fingerprint density at radius 2 is 1.93 bits per heavy atom. The van der Waals surface area contributed by atoms with E-state index in [0.29, 0.717) is 6.54 Å². The first-order valence-electron chi connectivity index (χ1n) is 9.59. The van der Waals surface area contributed by atoms with Crippen LogP contribution in [0.25, 0.3) is 0 Å². The molecule has 144 valence electrons. The fraction of sp³-hybridized carbons (Fsp3) is 0.333. The molecule has 1 aromatic heterocycles. The second kappa shape index (κ2) is 7.73. The number of thiazole rings is 1. The molecule has 1 saturated heterocycles. The van der Waals surface area contributed by atoms with Crippen molar-refractivity contribution < 1.29 is 4.79 Å². The number of fused-ring (bicyclic) bond motifs is 2. The summed E-state index contributed by atoms with van der Waals surface area (Å²) in [7, 11) is 0. The molecule has 7 heteroatoms. The Kier molecular flexibility index (Phi) is 4.96. The van der Waals surface area contributed by atoms with Gasteiger partial charge in [-0.1, -0.05) is 36.4 Å². The fourth-order valence-corrected chi connectivity index (χ4v) is 5.97. The van der Waals surface area contributed by atoms with E-state index in [1.807, 2.05) is 34.3 Å². The molecule has 1 fully saturated rings. The lowest BCUT2D eigenvalue weighted by molar-refractivity contribution is -0.120. The molecule has 28 heavy (non-hydrogen) atoms. The van der Waals surface area contributed by atoms with Crippen LogP contribution < -0.4 is 9.80 Å². The number of aromatic nitrogens is 1. The third-order valence-corrected chi connectivity index (χ3v) is 7.57. The monoisotopic (exact) mass is 410 g/mol. The van der Waals surface area contributed by atoms with Crippen molar-refractivity contribution in [1.82, 2.24) is 9.88 Å². The second-order valence-corrected chi connectivity index (χ2v) is 9.25. The predicted octanol–water partition coefficient (Wildman–Crippen LogP) is 3.27. The van der Waals surface area contributed by atoms with E-state index in [1.54, 1.807) is 11.3 Å². The molecule has 3 heterocycles. The van der Waals surface area contributed by atoms with Crippen molar-refractivity contribution in [2.75, 3.05) is 42.5 Å². The number of hydrogen-bond donors (Lipinski definition) is 0. The van der Waals surface area contributed by atoms with E-state index in [-0.39, 0.29) is 17.2 Å². The first-order chi connectivity index (χ1) is 13.8. The zero-order valence-electron chi connectivity index (χ0n) is 15.5. The van der Waals surface area contributed by atoms with Crippen LogP contribution >= 0.6 is 23.1 Å². The average molecular weight is 411 g/mol.